The van der Waals surface area contributed by atoms with E-state index in [9.17, 15) is 5.11 Å². The van der Waals surface area contributed by atoms with E-state index in [1.807, 2.05) is 103 Å². The summed E-state index contributed by atoms with van der Waals surface area (Å²) in [5.41, 5.74) is 8.24. The van der Waals surface area contributed by atoms with Gasteiger partial charge in [0.2, 0.25) is 5.95 Å². The third-order valence-corrected chi connectivity index (χ3v) is 10.6. The normalized spacial score (nSPS) is 11.4. The Morgan fingerprint density at radius 3 is 1.73 bits per heavy atom. The zero-order valence-corrected chi connectivity index (χ0v) is 28.3. The van der Waals surface area contributed by atoms with E-state index in [4.69, 9.17) is 15.0 Å². The molecule has 0 atom stereocenters. The van der Waals surface area contributed by atoms with Crippen LogP contribution in [0.25, 0.3) is 95.0 Å². The third kappa shape index (κ3) is 5.04. The number of rotatable bonds is 7. The van der Waals surface area contributed by atoms with Gasteiger partial charge in [0.15, 0.2) is 11.6 Å². The highest BCUT2D eigenvalue weighted by molar-refractivity contribution is 7.20. The molecule has 9 aromatic rings. The number of benzene rings is 6. The first kappa shape index (κ1) is 30.4. The van der Waals surface area contributed by atoms with E-state index in [0.717, 1.165) is 75.7 Å². The van der Waals surface area contributed by atoms with Gasteiger partial charge in [0.05, 0.1) is 11.0 Å². The summed E-state index contributed by atoms with van der Waals surface area (Å²) in [6.07, 6.45) is 3.74. The van der Waals surface area contributed by atoms with Crippen LogP contribution < -0.4 is 0 Å². The Labute approximate surface area is 298 Å². The molecule has 9 rings (SSSR count). The van der Waals surface area contributed by atoms with Crippen molar-refractivity contribution in [3.05, 3.63) is 163 Å². The molecule has 242 valence electrons. The van der Waals surface area contributed by atoms with Gasteiger partial charge in [0.25, 0.3) is 0 Å². The topological polar surface area (TPSA) is 63.8 Å². The van der Waals surface area contributed by atoms with Gasteiger partial charge in [0, 0.05) is 53.6 Å². The molecule has 0 radical (unpaired) electrons. The van der Waals surface area contributed by atoms with Gasteiger partial charge in [-0.05, 0) is 23.3 Å². The summed E-state index contributed by atoms with van der Waals surface area (Å²) in [4.78, 5) is 16.1. The SMILES string of the molecule is C=Cc1sc2c(-c3cccc(-c4ccc(-c5nc(-c6ccccc6)nc(-n6c7ccccc7c7ccccc76)n5)cc4)c3O)cccc2c1C=C. The van der Waals surface area contributed by atoms with Crippen molar-refractivity contribution in [2.45, 2.75) is 0 Å². The Kier molecular flexibility index (Phi) is 7.37. The Hall–Kier alpha value is -6.63. The highest BCUT2D eigenvalue weighted by Gasteiger charge is 2.19. The van der Waals surface area contributed by atoms with Crippen molar-refractivity contribution in [1.29, 1.82) is 0 Å². The standard InChI is InChI=1S/C45H30N4OS/c1-3-31-36-20-13-21-37(42(36)51-40(31)4-2)35-19-12-18-32(41(35)50)28-24-26-30(27-25-28)44-46-43(29-14-6-5-7-15-29)47-45(48-44)49-38-22-10-8-16-33(38)34-17-9-11-23-39(34)49/h3-27,50H,1-2H2. The van der Waals surface area contributed by atoms with Crippen LogP contribution in [0.4, 0.5) is 0 Å². The molecule has 6 aromatic carbocycles. The fraction of sp³-hybridized carbons (Fsp3) is 0. The second kappa shape index (κ2) is 12.4. The molecule has 3 aromatic heterocycles. The molecule has 0 aliphatic heterocycles. The van der Waals surface area contributed by atoms with E-state index in [1.165, 1.54) is 0 Å². The number of phenolic OH excluding ortho intramolecular Hbond substituents is 1. The summed E-state index contributed by atoms with van der Waals surface area (Å²) in [6, 6.07) is 46.8. The number of fused-ring (bicyclic) bond motifs is 4. The molecule has 5 nitrogen and oxygen atoms in total. The Balaban J connectivity index is 1.16. The molecule has 0 aliphatic rings. The molecular formula is C45H30N4OS. The Bertz CT molecular complexity index is 2740. The van der Waals surface area contributed by atoms with Gasteiger partial charge in [-0.3, -0.25) is 4.57 Å². The van der Waals surface area contributed by atoms with E-state index in [0.29, 0.717) is 17.6 Å². The van der Waals surface area contributed by atoms with E-state index in [2.05, 4.69) is 66.3 Å². The maximum Gasteiger partial charge on any atom is 0.238 e. The van der Waals surface area contributed by atoms with Crippen LogP contribution in [-0.4, -0.2) is 24.6 Å². The summed E-state index contributed by atoms with van der Waals surface area (Å²) >= 11 is 1.66. The van der Waals surface area contributed by atoms with Crippen LogP contribution in [0, 0.1) is 0 Å². The van der Waals surface area contributed by atoms with Crippen molar-refractivity contribution in [2.24, 2.45) is 0 Å². The quantitative estimate of drug-likeness (QED) is 0.183. The molecule has 51 heavy (non-hydrogen) atoms. The van der Waals surface area contributed by atoms with Crippen LogP contribution in [0.3, 0.4) is 0 Å². The molecule has 0 saturated heterocycles. The van der Waals surface area contributed by atoms with Crippen molar-refractivity contribution in [3.63, 3.8) is 0 Å². The smallest absolute Gasteiger partial charge is 0.238 e. The van der Waals surface area contributed by atoms with Crippen LogP contribution in [0.2, 0.25) is 0 Å². The molecule has 0 unspecified atom stereocenters. The molecule has 1 N–H and O–H groups in total. The first-order chi connectivity index (χ1) is 25.1. The summed E-state index contributed by atoms with van der Waals surface area (Å²) in [7, 11) is 0. The minimum atomic E-state index is 0.228. The van der Waals surface area contributed by atoms with E-state index < -0.39 is 0 Å². The van der Waals surface area contributed by atoms with Gasteiger partial charge in [0.1, 0.15) is 5.75 Å². The van der Waals surface area contributed by atoms with E-state index >= 15 is 0 Å². The van der Waals surface area contributed by atoms with Crippen molar-refractivity contribution in [1.82, 2.24) is 19.5 Å². The lowest BCUT2D eigenvalue weighted by atomic mass is 9.95. The number of hydrogen-bond acceptors (Lipinski definition) is 5. The van der Waals surface area contributed by atoms with E-state index in [1.54, 1.807) is 11.3 Å². The zero-order chi connectivity index (χ0) is 34.5. The fourth-order valence-corrected chi connectivity index (χ4v) is 8.15. The summed E-state index contributed by atoms with van der Waals surface area (Å²) < 4.78 is 3.21. The third-order valence-electron chi connectivity index (χ3n) is 9.39. The van der Waals surface area contributed by atoms with Crippen molar-refractivity contribution < 1.29 is 5.11 Å². The summed E-state index contributed by atoms with van der Waals surface area (Å²) in [5.74, 6) is 1.93. The molecule has 0 spiro atoms. The van der Waals surface area contributed by atoms with Gasteiger partial charge >= 0.3 is 0 Å². The molecule has 0 bridgehead atoms. The molecule has 3 heterocycles. The number of aromatic nitrogens is 4. The summed E-state index contributed by atoms with van der Waals surface area (Å²) in [5, 5.41) is 15.1. The van der Waals surface area contributed by atoms with Gasteiger partial charge in [-0.1, -0.05) is 153 Å². The highest BCUT2D eigenvalue weighted by atomic mass is 32.1. The number of nitrogens with zero attached hydrogens (tertiary/aromatic N) is 4. The maximum atomic E-state index is 11.7. The number of hydrogen-bond donors (Lipinski definition) is 1. The van der Waals surface area contributed by atoms with Gasteiger partial charge in [-0.25, -0.2) is 4.98 Å². The first-order valence-corrected chi connectivity index (χ1v) is 17.5. The van der Waals surface area contributed by atoms with Crippen LogP contribution in [-0.2, 0) is 0 Å². The summed E-state index contributed by atoms with van der Waals surface area (Å²) in [6.45, 7) is 8.02. The molecule has 6 heteroatoms. The van der Waals surface area contributed by atoms with Crippen molar-refractivity contribution in [3.8, 4) is 56.7 Å². The predicted octanol–water partition coefficient (Wildman–Crippen LogP) is 11.8. The van der Waals surface area contributed by atoms with Crippen LogP contribution >= 0.6 is 11.3 Å². The van der Waals surface area contributed by atoms with Crippen LogP contribution in [0.1, 0.15) is 10.4 Å². The van der Waals surface area contributed by atoms with Crippen molar-refractivity contribution in [2.75, 3.05) is 0 Å². The molecular weight excluding hydrogens is 645 g/mol. The number of aromatic hydroxyl groups is 1. The number of para-hydroxylation sites is 3. The Morgan fingerprint density at radius 1 is 0.510 bits per heavy atom. The van der Waals surface area contributed by atoms with Crippen molar-refractivity contribution >= 4 is 55.4 Å². The largest absolute Gasteiger partial charge is 0.507 e. The van der Waals surface area contributed by atoms with E-state index in [-0.39, 0.29) is 5.75 Å². The molecule has 0 aliphatic carbocycles. The average molecular weight is 675 g/mol. The lowest BCUT2D eigenvalue weighted by Crippen LogP contribution is -2.06. The fourth-order valence-electron chi connectivity index (χ4n) is 6.97. The number of phenols is 1. The number of thiophene rings is 1. The maximum absolute atomic E-state index is 11.7. The molecule has 0 fully saturated rings. The van der Waals surface area contributed by atoms with Gasteiger partial charge in [-0.2, -0.15) is 9.97 Å². The molecule has 0 saturated carbocycles. The van der Waals surface area contributed by atoms with Crippen LogP contribution in [0.5, 0.6) is 5.75 Å². The Morgan fingerprint density at radius 2 is 1.06 bits per heavy atom. The minimum absolute atomic E-state index is 0.228. The minimum Gasteiger partial charge on any atom is -0.507 e. The second-order valence-corrected chi connectivity index (χ2v) is 13.3. The first-order valence-electron chi connectivity index (χ1n) is 16.7. The van der Waals surface area contributed by atoms with Gasteiger partial charge < -0.3 is 5.11 Å². The predicted molar refractivity (Wildman–Crippen MR) is 213 cm³/mol. The van der Waals surface area contributed by atoms with Gasteiger partial charge in [-0.15, -0.1) is 11.3 Å². The second-order valence-electron chi connectivity index (χ2n) is 12.3. The zero-order valence-electron chi connectivity index (χ0n) is 27.5. The highest BCUT2D eigenvalue weighted by Crippen LogP contribution is 2.45. The lowest BCUT2D eigenvalue weighted by Gasteiger charge is -2.13. The van der Waals surface area contributed by atoms with Crippen LogP contribution in [0.15, 0.2) is 153 Å². The molecule has 0 amide bonds. The lowest BCUT2D eigenvalue weighted by molar-refractivity contribution is 0.479. The monoisotopic (exact) mass is 674 g/mol. The average Bonchev–Trinajstić information content (AvgIpc) is 3.74.